The van der Waals surface area contributed by atoms with E-state index in [-0.39, 0.29) is 5.56 Å². The molecule has 132 valence electrons. The van der Waals surface area contributed by atoms with Crippen LogP contribution in [0.1, 0.15) is 23.2 Å². The van der Waals surface area contributed by atoms with Gasteiger partial charge in [-0.3, -0.25) is 4.79 Å². The summed E-state index contributed by atoms with van der Waals surface area (Å²) < 4.78 is 13.8. The minimum absolute atomic E-state index is 0.290. The molecule has 3 rings (SSSR count). The number of aromatic nitrogens is 1. The van der Waals surface area contributed by atoms with Crippen LogP contribution in [0.4, 0.5) is 15.9 Å². The molecule has 0 bridgehead atoms. The normalized spacial score (nSPS) is 15.0. The number of amides is 1. The third kappa shape index (κ3) is 4.27. The number of piperidine rings is 1. The summed E-state index contributed by atoms with van der Waals surface area (Å²) in [5.74, 6) is -0.476. The van der Waals surface area contributed by atoms with E-state index in [9.17, 15) is 9.18 Å². The van der Waals surface area contributed by atoms with Gasteiger partial charge in [-0.1, -0.05) is 11.6 Å². The lowest BCUT2D eigenvalue weighted by atomic mass is 10.0. The molecule has 0 atom stereocenters. The van der Waals surface area contributed by atoms with Crippen LogP contribution in [-0.4, -0.2) is 37.1 Å². The fourth-order valence-corrected chi connectivity index (χ4v) is 3.13. The number of carbonyl (C=O) groups is 1. The minimum Gasteiger partial charge on any atom is -0.371 e. The molecular formula is C18H20ClFN4O. The summed E-state index contributed by atoms with van der Waals surface area (Å²) >= 11 is 5.80. The van der Waals surface area contributed by atoms with Gasteiger partial charge in [-0.05, 0) is 56.3 Å². The molecule has 2 N–H and O–H groups in total. The number of carbonyl (C=O) groups excluding carboxylic acids is 1. The quantitative estimate of drug-likeness (QED) is 0.876. The van der Waals surface area contributed by atoms with E-state index in [0.717, 1.165) is 25.9 Å². The number of rotatable bonds is 4. The summed E-state index contributed by atoms with van der Waals surface area (Å²) in [4.78, 5) is 18.8. The predicted octanol–water partition coefficient (Wildman–Crippen LogP) is 3.31. The maximum atomic E-state index is 13.8. The summed E-state index contributed by atoms with van der Waals surface area (Å²) in [6.45, 7) is 1.87. The van der Waals surface area contributed by atoms with Crippen LogP contribution in [0.25, 0.3) is 0 Å². The van der Waals surface area contributed by atoms with Crippen molar-refractivity contribution in [3.8, 4) is 0 Å². The van der Waals surface area contributed by atoms with Crippen molar-refractivity contribution in [3.05, 3.63) is 52.9 Å². The van der Waals surface area contributed by atoms with Crippen molar-refractivity contribution in [2.45, 2.75) is 18.9 Å². The van der Waals surface area contributed by atoms with Gasteiger partial charge in [-0.25, -0.2) is 9.37 Å². The molecule has 1 fully saturated rings. The van der Waals surface area contributed by atoms with E-state index in [2.05, 4.69) is 20.5 Å². The zero-order chi connectivity index (χ0) is 17.8. The number of halogens is 2. The molecule has 0 unspecified atom stereocenters. The number of benzene rings is 1. The van der Waals surface area contributed by atoms with Crippen molar-refractivity contribution in [2.75, 3.05) is 30.4 Å². The number of pyridine rings is 1. The Balaban J connectivity index is 1.85. The summed E-state index contributed by atoms with van der Waals surface area (Å²) in [7, 11) is 1.94. The maximum Gasteiger partial charge on any atom is 0.259 e. The number of anilines is 2. The Morgan fingerprint density at radius 2 is 2.08 bits per heavy atom. The lowest BCUT2D eigenvalue weighted by molar-refractivity contribution is 0.102. The number of nitrogens with zero attached hydrogens (tertiary/aromatic N) is 2. The van der Waals surface area contributed by atoms with Crippen molar-refractivity contribution in [3.63, 3.8) is 0 Å². The van der Waals surface area contributed by atoms with Crippen molar-refractivity contribution < 1.29 is 9.18 Å². The van der Waals surface area contributed by atoms with Crippen molar-refractivity contribution in [2.24, 2.45) is 0 Å². The molecule has 1 aliphatic rings. The molecule has 1 aliphatic heterocycles. The molecule has 5 nitrogen and oxygen atoms in total. The molecule has 2 heterocycles. The van der Waals surface area contributed by atoms with Crippen molar-refractivity contribution in [1.82, 2.24) is 10.3 Å². The van der Waals surface area contributed by atoms with Gasteiger partial charge < -0.3 is 15.5 Å². The van der Waals surface area contributed by atoms with Gasteiger partial charge in [0.1, 0.15) is 11.6 Å². The zero-order valence-electron chi connectivity index (χ0n) is 13.9. The Bertz CT molecular complexity index is 747. The molecular weight excluding hydrogens is 343 g/mol. The first-order valence-electron chi connectivity index (χ1n) is 8.20. The Morgan fingerprint density at radius 1 is 1.32 bits per heavy atom. The molecule has 1 aromatic carbocycles. The van der Waals surface area contributed by atoms with E-state index in [0.29, 0.717) is 22.6 Å². The van der Waals surface area contributed by atoms with Gasteiger partial charge in [-0.15, -0.1) is 0 Å². The Hall–Kier alpha value is -2.18. The first-order valence-corrected chi connectivity index (χ1v) is 8.58. The Labute approximate surface area is 151 Å². The third-order valence-electron chi connectivity index (χ3n) is 4.41. The molecule has 7 heteroatoms. The van der Waals surface area contributed by atoms with Crippen molar-refractivity contribution in [1.29, 1.82) is 0 Å². The van der Waals surface area contributed by atoms with Gasteiger partial charge >= 0.3 is 0 Å². The Kier molecular flexibility index (Phi) is 5.50. The number of nitrogens with one attached hydrogen (secondary N) is 2. The van der Waals surface area contributed by atoms with Crippen LogP contribution in [0, 0.1) is 5.82 Å². The minimum atomic E-state index is -0.448. The van der Waals surface area contributed by atoms with Gasteiger partial charge in [0, 0.05) is 25.0 Å². The van der Waals surface area contributed by atoms with E-state index >= 15 is 0 Å². The molecule has 0 radical (unpaired) electrons. The van der Waals surface area contributed by atoms with Crippen molar-refractivity contribution >= 4 is 29.0 Å². The summed E-state index contributed by atoms with van der Waals surface area (Å²) in [5.41, 5.74) is 0.998. The van der Waals surface area contributed by atoms with E-state index in [4.69, 9.17) is 11.6 Å². The van der Waals surface area contributed by atoms with Crippen LogP contribution in [0.15, 0.2) is 36.5 Å². The summed E-state index contributed by atoms with van der Waals surface area (Å²) in [6.07, 6.45) is 3.41. The lowest BCUT2D eigenvalue weighted by Gasteiger charge is -2.34. The molecule has 0 aliphatic carbocycles. The monoisotopic (exact) mass is 362 g/mol. The van der Waals surface area contributed by atoms with Crippen LogP contribution < -0.4 is 15.5 Å². The van der Waals surface area contributed by atoms with E-state index < -0.39 is 11.7 Å². The van der Waals surface area contributed by atoms with Gasteiger partial charge in [-0.2, -0.15) is 0 Å². The van der Waals surface area contributed by atoms with E-state index in [1.165, 1.54) is 18.3 Å². The van der Waals surface area contributed by atoms with Crippen LogP contribution in [-0.2, 0) is 0 Å². The highest BCUT2D eigenvalue weighted by molar-refractivity contribution is 6.30. The van der Waals surface area contributed by atoms with Crippen LogP contribution >= 0.6 is 11.6 Å². The van der Waals surface area contributed by atoms with Gasteiger partial charge in [0.25, 0.3) is 5.91 Å². The number of hydrogen-bond acceptors (Lipinski definition) is 4. The first-order chi connectivity index (χ1) is 12.0. The van der Waals surface area contributed by atoms with Crippen LogP contribution in [0.3, 0.4) is 0 Å². The van der Waals surface area contributed by atoms with Gasteiger partial charge in [0.05, 0.1) is 10.6 Å². The molecule has 0 spiro atoms. The highest BCUT2D eigenvalue weighted by atomic mass is 35.5. The summed E-state index contributed by atoms with van der Waals surface area (Å²) in [5, 5.41) is 6.50. The SMILES string of the molecule is CN(c1ccc(F)cc1C(=O)Nc1ccc(Cl)cn1)C1CCNCC1. The fraction of sp³-hybridized carbons (Fsp3) is 0.333. The van der Waals surface area contributed by atoms with E-state index in [1.54, 1.807) is 18.2 Å². The van der Waals surface area contributed by atoms with E-state index in [1.807, 2.05) is 7.05 Å². The molecule has 1 saturated heterocycles. The molecule has 0 saturated carbocycles. The lowest BCUT2D eigenvalue weighted by Crippen LogP contribution is -2.41. The summed E-state index contributed by atoms with van der Waals surface area (Å²) in [6, 6.07) is 7.85. The Morgan fingerprint density at radius 3 is 2.76 bits per heavy atom. The van der Waals surface area contributed by atoms with Gasteiger partial charge in [0.2, 0.25) is 0 Å². The highest BCUT2D eigenvalue weighted by Gasteiger charge is 2.23. The van der Waals surface area contributed by atoms with Gasteiger partial charge in [0.15, 0.2) is 0 Å². The van der Waals surface area contributed by atoms with Crippen LogP contribution in [0.5, 0.6) is 0 Å². The largest absolute Gasteiger partial charge is 0.371 e. The second-order valence-corrected chi connectivity index (χ2v) is 6.51. The second-order valence-electron chi connectivity index (χ2n) is 6.07. The van der Waals surface area contributed by atoms with Crippen LogP contribution in [0.2, 0.25) is 5.02 Å². The fourth-order valence-electron chi connectivity index (χ4n) is 3.02. The maximum absolute atomic E-state index is 13.8. The molecule has 25 heavy (non-hydrogen) atoms. The molecule has 1 amide bonds. The predicted molar refractivity (Wildman–Crippen MR) is 97.9 cm³/mol. The topological polar surface area (TPSA) is 57.3 Å². The standard InChI is InChI=1S/C18H20ClFN4O/c1-24(14-6-8-21-9-7-14)16-4-3-13(20)10-15(16)18(25)23-17-5-2-12(19)11-22-17/h2-5,10-11,14,21H,6-9H2,1H3,(H,22,23,25). The molecule has 1 aromatic heterocycles. The average molecular weight is 363 g/mol. The molecule has 2 aromatic rings. The average Bonchev–Trinajstić information content (AvgIpc) is 2.63. The number of hydrogen-bond donors (Lipinski definition) is 2. The first kappa shape index (κ1) is 17.6. The second kappa shape index (κ2) is 7.80. The third-order valence-corrected chi connectivity index (χ3v) is 4.63. The highest BCUT2D eigenvalue weighted by Crippen LogP contribution is 2.26. The zero-order valence-corrected chi connectivity index (χ0v) is 14.7. The smallest absolute Gasteiger partial charge is 0.259 e.